The summed E-state index contributed by atoms with van der Waals surface area (Å²) < 4.78 is 5.33. The molecule has 0 heterocycles. The molecule has 2 atom stereocenters. The van der Waals surface area contributed by atoms with E-state index in [9.17, 15) is 0 Å². The van der Waals surface area contributed by atoms with Crippen molar-refractivity contribution in [3.8, 4) is 0 Å². The summed E-state index contributed by atoms with van der Waals surface area (Å²) in [6, 6.07) is 0.596. The Morgan fingerprint density at radius 2 is 2.00 bits per heavy atom. The first-order valence-electron chi connectivity index (χ1n) is 4.08. The lowest BCUT2D eigenvalue weighted by Gasteiger charge is -2.29. The Labute approximate surface area is 63.0 Å². The molecule has 1 saturated carbocycles. The Bertz CT molecular complexity index is 83.3. The average Bonchev–Trinajstić information content (AvgIpc) is 2.04. The molecule has 0 saturated heterocycles. The summed E-state index contributed by atoms with van der Waals surface area (Å²) in [7, 11) is 3.82. The lowest BCUT2D eigenvalue weighted by molar-refractivity contribution is 0.0445. The number of hydrogen-bond donors (Lipinski definition) is 1. The van der Waals surface area contributed by atoms with Crippen molar-refractivity contribution in [3.05, 3.63) is 0 Å². The van der Waals surface area contributed by atoms with Crippen LogP contribution in [0.4, 0.5) is 0 Å². The van der Waals surface area contributed by atoms with Crippen molar-refractivity contribution in [3.63, 3.8) is 0 Å². The lowest BCUT2D eigenvalue weighted by atomic mass is 9.93. The molecule has 2 nitrogen and oxygen atoms in total. The van der Waals surface area contributed by atoms with Gasteiger partial charge in [-0.1, -0.05) is 12.8 Å². The van der Waals surface area contributed by atoms with E-state index in [1.807, 2.05) is 7.05 Å². The minimum absolute atomic E-state index is 0.457. The van der Waals surface area contributed by atoms with Gasteiger partial charge in [-0.3, -0.25) is 0 Å². The number of nitrogens with one attached hydrogen (secondary N) is 1. The molecular weight excluding hydrogens is 126 g/mol. The second-order valence-electron chi connectivity index (χ2n) is 2.95. The van der Waals surface area contributed by atoms with E-state index in [2.05, 4.69) is 5.32 Å². The molecule has 1 rings (SSSR count). The van der Waals surface area contributed by atoms with Gasteiger partial charge in [-0.25, -0.2) is 0 Å². The molecule has 0 amide bonds. The van der Waals surface area contributed by atoms with Crippen molar-refractivity contribution >= 4 is 0 Å². The lowest BCUT2D eigenvalue weighted by Crippen LogP contribution is -2.41. The first kappa shape index (κ1) is 8.02. The molecule has 60 valence electrons. The highest BCUT2D eigenvalue weighted by Crippen LogP contribution is 2.19. The number of likely N-dealkylation sites (N-methyl/N-ethyl adjacent to an activating group) is 1. The second-order valence-corrected chi connectivity index (χ2v) is 2.95. The highest BCUT2D eigenvalue weighted by atomic mass is 16.5. The molecule has 1 fully saturated rings. The minimum atomic E-state index is 0.457. The third-order valence-electron chi connectivity index (χ3n) is 2.38. The molecular formula is C8H17NO. The van der Waals surface area contributed by atoms with E-state index in [-0.39, 0.29) is 0 Å². The van der Waals surface area contributed by atoms with Gasteiger partial charge in [-0.15, -0.1) is 0 Å². The van der Waals surface area contributed by atoms with Crippen LogP contribution in [-0.4, -0.2) is 26.3 Å². The van der Waals surface area contributed by atoms with E-state index in [4.69, 9.17) is 4.74 Å². The van der Waals surface area contributed by atoms with Crippen LogP contribution in [0.2, 0.25) is 0 Å². The van der Waals surface area contributed by atoms with Crippen LogP contribution in [0.5, 0.6) is 0 Å². The predicted octanol–water partition coefficient (Wildman–Crippen LogP) is 1.16. The summed E-state index contributed by atoms with van der Waals surface area (Å²) >= 11 is 0. The second kappa shape index (κ2) is 3.94. The monoisotopic (exact) mass is 143 g/mol. The molecule has 1 aliphatic rings. The quantitative estimate of drug-likeness (QED) is 0.626. The first-order valence-corrected chi connectivity index (χ1v) is 4.08. The SMILES string of the molecule is CNC1CCCC[C@H]1OC. The Morgan fingerprint density at radius 1 is 1.30 bits per heavy atom. The highest BCUT2D eigenvalue weighted by Gasteiger charge is 2.22. The van der Waals surface area contributed by atoms with Crippen LogP contribution in [0.3, 0.4) is 0 Å². The maximum atomic E-state index is 5.33. The molecule has 0 aromatic heterocycles. The molecule has 0 aliphatic heterocycles. The van der Waals surface area contributed by atoms with Gasteiger partial charge in [0.2, 0.25) is 0 Å². The Morgan fingerprint density at radius 3 is 2.50 bits per heavy atom. The molecule has 2 heteroatoms. The van der Waals surface area contributed by atoms with E-state index in [0.29, 0.717) is 12.1 Å². The predicted molar refractivity (Wildman–Crippen MR) is 42.1 cm³/mol. The normalized spacial score (nSPS) is 34.2. The summed E-state index contributed by atoms with van der Waals surface area (Å²) in [5, 5.41) is 3.28. The molecule has 0 radical (unpaired) electrons. The maximum absolute atomic E-state index is 5.33. The van der Waals surface area contributed by atoms with Crippen molar-refractivity contribution in [2.24, 2.45) is 0 Å². The Kier molecular flexibility index (Phi) is 3.16. The van der Waals surface area contributed by atoms with E-state index in [1.54, 1.807) is 7.11 Å². The van der Waals surface area contributed by atoms with Crippen LogP contribution < -0.4 is 5.32 Å². The van der Waals surface area contributed by atoms with Gasteiger partial charge in [-0.2, -0.15) is 0 Å². The van der Waals surface area contributed by atoms with Crippen molar-refractivity contribution in [2.75, 3.05) is 14.2 Å². The summed E-state index contributed by atoms with van der Waals surface area (Å²) in [5.74, 6) is 0. The zero-order valence-corrected chi connectivity index (χ0v) is 6.89. The number of methoxy groups -OCH3 is 1. The van der Waals surface area contributed by atoms with Crippen molar-refractivity contribution in [1.29, 1.82) is 0 Å². The van der Waals surface area contributed by atoms with Gasteiger partial charge in [-0.05, 0) is 19.9 Å². The molecule has 1 N–H and O–H groups in total. The topological polar surface area (TPSA) is 21.3 Å². The Balaban J connectivity index is 2.34. The molecule has 10 heavy (non-hydrogen) atoms. The smallest absolute Gasteiger partial charge is 0.0724 e. The van der Waals surface area contributed by atoms with Crippen LogP contribution >= 0.6 is 0 Å². The zero-order chi connectivity index (χ0) is 7.40. The summed E-state index contributed by atoms with van der Waals surface area (Å²) in [4.78, 5) is 0. The molecule has 1 aliphatic carbocycles. The van der Waals surface area contributed by atoms with Gasteiger partial charge in [0.25, 0.3) is 0 Å². The first-order chi connectivity index (χ1) is 4.88. The van der Waals surface area contributed by atoms with Crippen molar-refractivity contribution < 1.29 is 4.74 Å². The third kappa shape index (κ3) is 1.70. The van der Waals surface area contributed by atoms with Gasteiger partial charge < -0.3 is 10.1 Å². The van der Waals surface area contributed by atoms with E-state index >= 15 is 0 Å². The van der Waals surface area contributed by atoms with Crippen LogP contribution in [-0.2, 0) is 4.74 Å². The zero-order valence-electron chi connectivity index (χ0n) is 6.89. The van der Waals surface area contributed by atoms with Crippen LogP contribution in [0, 0.1) is 0 Å². The highest BCUT2D eigenvalue weighted by molar-refractivity contribution is 4.79. The van der Waals surface area contributed by atoms with Gasteiger partial charge in [0.1, 0.15) is 0 Å². The summed E-state index contributed by atoms with van der Waals surface area (Å²) in [6.45, 7) is 0. The van der Waals surface area contributed by atoms with Crippen molar-refractivity contribution in [2.45, 2.75) is 37.8 Å². The number of hydrogen-bond acceptors (Lipinski definition) is 2. The van der Waals surface area contributed by atoms with Gasteiger partial charge in [0.05, 0.1) is 6.10 Å². The van der Waals surface area contributed by atoms with Gasteiger partial charge >= 0.3 is 0 Å². The van der Waals surface area contributed by atoms with Gasteiger partial charge in [0, 0.05) is 13.2 Å². The largest absolute Gasteiger partial charge is 0.380 e. The molecule has 0 spiro atoms. The van der Waals surface area contributed by atoms with Crippen LogP contribution in [0.1, 0.15) is 25.7 Å². The molecule has 0 bridgehead atoms. The van der Waals surface area contributed by atoms with E-state index in [0.717, 1.165) is 0 Å². The fourth-order valence-electron chi connectivity index (χ4n) is 1.71. The minimum Gasteiger partial charge on any atom is -0.380 e. The fraction of sp³-hybridized carbons (Fsp3) is 1.00. The number of rotatable bonds is 2. The van der Waals surface area contributed by atoms with Crippen molar-refractivity contribution in [1.82, 2.24) is 5.32 Å². The van der Waals surface area contributed by atoms with E-state index < -0.39 is 0 Å². The number of ether oxygens (including phenoxy) is 1. The summed E-state index contributed by atoms with van der Waals surface area (Å²) in [5.41, 5.74) is 0. The maximum Gasteiger partial charge on any atom is 0.0724 e. The standard InChI is InChI=1S/C8H17NO/c1-9-7-5-3-4-6-8(7)10-2/h7-9H,3-6H2,1-2H3/t7?,8-/m1/s1. The molecule has 1 unspecified atom stereocenters. The average molecular weight is 143 g/mol. The van der Waals surface area contributed by atoms with Crippen LogP contribution in [0.15, 0.2) is 0 Å². The fourth-order valence-corrected chi connectivity index (χ4v) is 1.71. The van der Waals surface area contributed by atoms with E-state index in [1.165, 1.54) is 25.7 Å². The third-order valence-corrected chi connectivity index (χ3v) is 2.38. The van der Waals surface area contributed by atoms with Crippen LogP contribution in [0.25, 0.3) is 0 Å². The molecule has 0 aromatic rings. The Hall–Kier alpha value is -0.0800. The molecule has 0 aromatic carbocycles. The van der Waals surface area contributed by atoms with Gasteiger partial charge in [0.15, 0.2) is 0 Å². The summed E-state index contributed by atoms with van der Waals surface area (Å²) in [6.07, 6.45) is 5.64.